The molecule has 0 fully saturated rings. The van der Waals surface area contributed by atoms with Crippen LogP contribution in [-0.4, -0.2) is 5.11 Å². The number of allylic oxidation sites excluding steroid dienone is 1. The van der Waals surface area contributed by atoms with Gasteiger partial charge in [-0.3, -0.25) is 0 Å². The maximum Gasteiger partial charge on any atom is 0.0930 e. The number of hydrogen-bond acceptors (Lipinski definition) is 2. The predicted molar refractivity (Wildman–Crippen MR) is 68.1 cm³/mol. The van der Waals surface area contributed by atoms with Crippen molar-refractivity contribution in [3.8, 4) is 0 Å². The highest BCUT2D eigenvalue weighted by Crippen LogP contribution is 2.34. The molecular formula is C12H15BrOS. The van der Waals surface area contributed by atoms with E-state index in [0.29, 0.717) is 0 Å². The van der Waals surface area contributed by atoms with E-state index in [-0.39, 0.29) is 6.10 Å². The van der Waals surface area contributed by atoms with Crippen LogP contribution >= 0.6 is 27.3 Å². The minimum absolute atomic E-state index is 0.330. The molecular weight excluding hydrogens is 272 g/mol. The quantitative estimate of drug-likeness (QED) is 0.815. The molecule has 1 aromatic heterocycles. The number of rotatable bonds is 3. The second-order valence-corrected chi connectivity index (χ2v) is 5.76. The van der Waals surface area contributed by atoms with E-state index in [9.17, 15) is 5.11 Å². The lowest BCUT2D eigenvalue weighted by Crippen LogP contribution is -2.00. The topological polar surface area (TPSA) is 20.2 Å². The standard InChI is InChI=1S/C12H15BrOS/c13-10-6-7-15-12(10)11(14)8-9-4-2-1-3-5-9/h4,6-7,11,14H,1-3,5,8H2. The van der Waals surface area contributed by atoms with Gasteiger partial charge >= 0.3 is 0 Å². The van der Waals surface area contributed by atoms with Gasteiger partial charge in [0, 0.05) is 9.35 Å². The smallest absolute Gasteiger partial charge is 0.0930 e. The lowest BCUT2D eigenvalue weighted by atomic mass is 9.95. The van der Waals surface area contributed by atoms with E-state index in [1.807, 2.05) is 11.4 Å². The molecule has 0 aliphatic heterocycles. The van der Waals surface area contributed by atoms with Crippen molar-refractivity contribution in [1.82, 2.24) is 0 Å². The van der Waals surface area contributed by atoms with Crippen LogP contribution in [0.3, 0.4) is 0 Å². The van der Waals surface area contributed by atoms with Crippen LogP contribution in [0, 0.1) is 0 Å². The highest BCUT2D eigenvalue weighted by Gasteiger charge is 2.15. The fourth-order valence-electron chi connectivity index (χ4n) is 1.97. The largest absolute Gasteiger partial charge is 0.387 e. The zero-order chi connectivity index (χ0) is 10.7. The van der Waals surface area contributed by atoms with Crippen LogP contribution in [-0.2, 0) is 0 Å². The van der Waals surface area contributed by atoms with Crippen molar-refractivity contribution in [2.45, 2.75) is 38.2 Å². The minimum atomic E-state index is -0.330. The summed E-state index contributed by atoms with van der Waals surface area (Å²) in [4.78, 5) is 1.06. The summed E-state index contributed by atoms with van der Waals surface area (Å²) in [5.41, 5.74) is 1.43. The Kier molecular flexibility index (Phi) is 4.00. The average Bonchev–Trinajstić information content (AvgIpc) is 2.66. The highest BCUT2D eigenvalue weighted by molar-refractivity contribution is 9.10. The summed E-state index contributed by atoms with van der Waals surface area (Å²) in [7, 11) is 0. The van der Waals surface area contributed by atoms with Crippen LogP contribution in [0.15, 0.2) is 27.6 Å². The Hall–Kier alpha value is -0.120. The fourth-order valence-corrected chi connectivity index (χ4v) is 3.60. The first-order valence-corrected chi connectivity index (χ1v) is 7.03. The maximum atomic E-state index is 10.1. The molecule has 0 aromatic carbocycles. The Balaban J connectivity index is 2.00. The summed E-state index contributed by atoms with van der Waals surface area (Å²) < 4.78 is 1.04. The van der Waals surface area contributed by atoms with E-state index in [0.717, 1.165) is 15.8 Å². The van der Waals surface area contributed by atoms with Crippen LogP contribution < -0.4 is 0 Å². The van der Waals surface area contributed by atoms with E-state index in [4.69, 9.17) is 0 Å². The van der Waals surface area contributed by atoms with E-state index >= 15 is 0 Å². The van der Waals surface area contributed by atoms with Gasteiger partial charge in [0.1, 0.15) is 0 Å². The number of thiophene rings is 1. The maximum absolute atomic E-state index is 10.1. The van der Waals surface area contributed by atoms with Gasteiger partial charge in [0.2, 0.25) is 0 Å². The lowest BCUT2D eigenvalue weighted by molar-refractivity contribution is 0.179. The second kappa shape index (κ2) is 5.28. The molecule has 0 saturated heterocycles. The van der Waals surface area contributed by atoms with Crippen LogP contribution in [0.25, 0.3) is 0 Å². The zero-order valence-corrected chi connectivity index (χ0v) is 11.0. The molecule has 2 rings (SSSR count). The first-order valence-electron chi connectivity index (χ1n) is 5.36. The van der Waals surface area contributed by atoms with Gasteiger partial charge in [0.15, 0.2) is 0 Å². The number of halogens is 1. The molecule has 1 unspecified atom stereocenters. The van der Waals surface area contributed by atoms with Crippen molar-refractivity contribution in [2.24, 2.45) is 0 Å². The molecule has 0 radical (unpaired) electrons. The van der Waals surface area contributed by atoms with Gasteiger partial charge in [-0.15, -0.1) is 11.3 Å². The highest BCUT2D eigenvalue weighted by atomic mass is 79.9. The molecule has 1 atom stereocenters. The van der Waals surface area contributed by atoms with Gasteiger partial charge in [0.05, 0.1) is 6.10 Å². The monoisotopic (exact) mass is 286 g/mol. The molecule has 0 saturated carbocycles. The molecule has 0 bridgehead atoms. The third kappa shape index (κ3) is 2.92. The van der Waals surface area contributed by atoms with Gasteiger partial charge in [-0.2, -0.15) is 0 Å². The third-order valence-electron chi connectivity index (χ3n) is 2.79. The van der Waals surface area contributed by atoms with Crippen molar-refractivity contribution >= 4 is 27.3 Å². The van der Waals surface area contributed by atoms with E-state index in [1.54, 1.807) is 11.3 Å². The second-order valence-electron chi connectivity index (χ2n) is 3.96. The predicted octanol–water partition coefficient (Wildman–Crippen LogP) is 4.43. The molecule has 82 valence electrons. The average molecular weight is 287 g/mol. The third-order valence-corrected chi connectivity index (χ3v) is 4.76. The SMILES string of the molecule is OC(CC1=CCCCC1)c1sccc1Br. The molecule has 15 heavy (non-hydrogen) atoms. The number of aliphatic hydroxyl groups is 1. The summed E-state index contributed by atoms with van der Waals surface area (Å²) in [5.74, 6) is 0. The Morgan fingerprint density at radius 2 is 2.33 bits per heavy atom. The molecule has 0 spiro atoms. The van der Waals surface area contributed by atoms with Crippen molar-refractivity contribution in [3.63, 3.8) is 0 Å². The molecule has 3 heteroatoms. The Bertz CT molecular complexity index is 356. The normalized spacial score (nSPS) is 18.7. The molecule has 1 N–H and O–H groups in total. The zero-order valence-electron chi connectivity index (χ0n) is 8.58. The molecule has 1 aliphatic carbocycles. The van der Waals surface area contributed by atoms with Crippen molar-refractivity contribution in [3.05, 3.63) is 32.4 Å². The van der Waals surface area contributed by atoms with Gasteiger partial charge in [-0.25, -0.2) is 0 Å². The Morgan fingerprint density at radius 1 is 1.47 bits per heavy atom. The Labute approximate surface area is 103 Å². The summed E-state index contributed by atoms with van der Waals surface area (Å²) >= 11 is 5.08. The number of aliphatic hydroxyl groups excluding tert-OH is 1. The number of hydrogen-bond donors (Lipinski definition) is 1. The van der Waals surface area contributed by atoms with Crippen LogP contribution in [0.1, 0.15) is 43.1 Å². The van der Waals surface area contributed by atoms with Crippen molar-refractivity contribution in [2.75, 3.05) is 0 Å². The molecule has 1 heterocycles. The summed E-state index contributed by atoms with van der Waals surface area (Å²) in [5, 5.41) is 12.1. The van der Waals surface area contributed by atoms with Crippen molar-refractivity contribution in [1.29, 1.82) is 0 Å². The van der Waals surface area contributed by atoms with Crippen LogP contribution in [0.4, 0.5) is 0 Å². The molecule has 1 nitrogen and oxygen atoms in total. The molecule has 0 amide bonds. The van der Waals surface area contributed by atoms with Crippen molar-refractivity contribution < 1.29 is 5.11 Å². The first kappa shape index (κ1) is 11.4. The van der Waals surface area contributed by atoms with Crippen LogP contribution in [0.2, 0.25) is 0 Å². The first-order chi connectivity index (χ1) is 7.27. The van der Waals surface area contributed by atoms with Crippen LogP contribution in [0.5, 0.6) is 0 Å². The summed E-state index contributed by atoms with van der Waals surface area (Å²) in [6.07, 6.45) is 7.72. The lowest BCUT2D eigenvalue weighted by Gasteiger charge is -2.16. The summed E-state index contributed by atoms with van der Waals surface area (Å²) in [6.45, 7) is 0. The Morgan fingerprint density at radius 3 is 2.93 bits per heavy atom. The van der Waals surface area contributed by atoms with Gasteiger partial charge in [0.25, 0.3) is 0 Å². The van der Waals surface area contributed by atoms with Gasteiger partial charge in [-0.05, 0) is 59.5 Å². The minimum Gasteiger partial charge on any atom is -0.387 e. The van der Waals surface area contributed by atoms with E-state index in [2.05, 4.69) is 22.0 Å². The molecule has 1 aliphatic rings. The van der Waals surface area contributed by atoms with Gasteiger partial charge in [-0.1, -0.05) is 11.6 Å². The van der Waals surface area contributed by atoms with E-state index in [1.165, 1.54) is 31.3 Å². The molecule has 1 aromatic rings. The fraction of sp³-hybridized carbons (Fsp3) is 0.500. The van der Waals surface area contributed by atoms with Gasteiger partial charge < -0.3 is 5.11 Å². The van der Waals surface area contributed by atoms with E-state index < -0.39 is 0 Å². The summed E-state index contributed by atoms with van der Waals surface area (Å²) in [6, 6.07) is 2.00.